The average Bonchev–Trinajstić information content (AvgIpc) is 3.31. The number of ether oxygens (including phenoxy) is 7. The molecule has 60 heavy (non-hydrogen) atoms. The molecular weight excluding hydrogens is 749 g/mol. The Morgan fingerprint density at radius 2 is 0.567 bits per heavy atom. The van der Waals surface area contributed by atoms with E-state index in [1.54, 1.807) is 0 Å². The van der Waals surface area contributed by atoms with Gasteiger partial charge in [0.05, 0.1) is 25.9 Å². The van der Waals surface area contributed by atoms with Crippen LogP contribution in [0.2, 0.25) is 0 Å². The molecule has 1 aliphatic carbocycles. The Bertz CT molecular complexity index is 1740. The van der Waals surface area contributed by atoms with E-state index in [0.29, 0.717) is 6.10 Å². The van der Waals surface area contributed by atoms with Crippen molar-refractivity contribution in [3.05, 3.63) is 155 Å². The van der Waals surface area contributed by atoms with Gasteiger partial charge in [-0.1, -0.05) is 79.2 Å². The summed E-state index contributed by atoms with van der Waals surface area (Å²) in [5.74, 6) is 3.45. The highest BCUT2D eigenvalue weighted by molar-refractivity contribution is 5.50. The van der Waals surface area contributed by atoms with Crippen LogP contribution in [0.4, 0.5) is 0 Å². The lowest BCUT2D eigenvalue weighted by Crippen LogP contribution is -2.25. The van der Waals surface area contributed by atoms with Crippen molar-refractivity contribution in [2.75, 3.05) is 19.8 Å². The van der Waals surface area contributed by atoms with Crippen LogP contribution < -0.4 is 18.9 Å². The molecule has 9 rings (SSSR count). The van der Waals surface area contributed by atoms with Crippen LogP contribution in [0, 0.1) is 0 Å². The summed E-state index contributed by atoms with van der Waals surface area (Å²) in [7, 11) is 0. The van der Waals surface area contributed by atoms with Crippen molar-refractivity contribution in [3.8, 4) is 23.0 Å². The highest BCUT2D eigenvalue weighted by Gasteiger charge is 2.24. The Balaban J connectivity index is 1.00. The van der Waals surface area contributed by atoms with Gasteiger partial charge in [0.25, 0.3) is 0 Å². The van der Waals surface area contributed by atoms with E-state index in [2.05, 4.69) is 121 Å². The van der Waals surface area contributed by atoms with E-state index in [1.807, 2.05) is 0 Å². The molecule has 0 bridgehead atoms. The zero-order valence-corrected chi connectivity index (χ0v) is 34.9. The first-order valence-electron chi connectivity index (χ1n) is 22.7. The lowest BCUT2D eigenvalue weighted by molar-refractivity contribution is -0.106. The first kappa shape index (κ1) is 40.6. The Morgan fingerprint density at radius 1 is 0.300 bits per heavy atom. The summed E-state index contributed by atoms with van der Waals surface area (Å²) in [5, 5.41) is 0. The van der Waals surface area contributed by atoms with Gasteiger partial charge in [0.1, 0.15) is 23.0 Å². The van der Waals surface area contributed by atoms with Gasteiger partial charge in [-0.25, -0.2) is 0 Å². The van der Waals surface area contributed by atoms with Crippen molar-refractivity contribution in [2.45, 2.75) is 127 Å². The monoisotopic (exact) mass is 808 g/mol. The molecule has 4 fully saturated rings. The van der Waals surface area contributed by atoms with Crippen molar-refractivity contribution < 1.29 is 33.2 Å². The Labute approximate surface area is 356 Å². The van der Waals surface area contributed by atoms with Gasteiger partial charge in [0.2, 0.25) is 0 Å². The fourth-order valence-corrected chi connectivity index (χ4v) is 9.23. The summed E-state index contributed by atoms with van der Waals surface area (Å²) in [6, 6.07) is 43.7. The molecule has 0 N–H and O–H groups in total. The van der Waals surface area contributed by atoms with Crippen molar-refractivity contribution in [1.29, 1.82) is 0 Å². The van der Waals surface area contributed by atoms with Gasteiger partial charge in [0, 0.05) is 31.1 Å². The molecule has 4 unspecified atom stereocenters. The molecule has 4 aliphatic rings. The molecular formula is C53H60O7. The molecule has 0 spiro atoms. The molecule has 314 valence electrons. The van der Waals surface area contributed by atoms with Crippen LogP contribution in [0.1, 0.15) is 135 Å². The predicted octanol–water partition coefficient (Wildman–Crippen LogP) is 12.5. The number of hydrogen-bond acceptors (Lipinski definition) is 7. The number of hydrogen-bond donors (Lipinski definition) is 0. The van der Waals surface area contributed by atoms with Gasteiger partial charge in [0.15, 0.2) is 18.9 Å². The summed E-state index contributed by atoms with van der Waals surface area (Å²) in [6.07, 6.45) is 15.3. The summed E-state index contributed by atoms with van der Waals surface area (Å²) in [4.78, 5) is 0. The van der Waals surface area contributed by atoms with Crippen LogP contribution in [-0.4, -0.2) is 44.8 Å². The molecule has 0 radical (unpaired) electrons. The Morgan fingerprint density at radius 3 is 0.850 bits per heavy atom. The third-order valence-corrected chi connectivity index (χ3v) is 12.5. The standard InChI is InChI=1S/C53H60O7/c1-2-10-44(11-3-1)57-45-27-19-40(20-28-45)52(41-21-29-46(30-22-41)58-49-12-4-7-35-54-49)38-15-17-39(18-16-38)53(42-23-31-47(32-24-42)59-50-13-5-8-36-55-50)43-25-33-48(34-26-43)60-51-14-6-9-37-56-51/h15-34,44,49-53H,1-14,35-37H2. The van der Waals surface area contributed by atoms with Gasteiger partial charge in [-0.3, -0.25) is 0 Å². The molecule has 3 saturated heterocycles. The summed E-state index contributed by atoms with van der Waals surface area (Å²) in [5.41, 5.74) is 7.22. The average molecular weight is 809 g/mol. The maximum atomic E-state index is 6.45. The predicted molar refractivity (Wildman–Crippen MR) is 234 cm³/mol. The second-order valence-corrected chi connectivity index (χ2v) is 16.9. The lowest BCUT2D eigenvalue weighted by atomic mass is 9.81. The van der Waals surface area contributed by atoms with Crippen LogP contribution >= 0.6 is 0 Å². The number of rotatable bonds is 14. The van der Waals surface area contributed by atoms with E-state index in [-0.39, 0.29) is 30.7 Å². The minimum Gasteiger partial charge on any atom is -0.490 e. The SMILES string of the molecule is c1cc(C(c2ccc(OC3CCCCO3)cc2)c2ccc(C(c3ccc(OC4CCCCO4)cc3)c3ccc(OC4CCCCO4)cc3)cc2)ccc1OC1CCCCC1. The van der Waals surface area contributed by atoms with E-state index in [0.717, 1.165) is 113 Å². The third kappa shape index (κ3) is 10.5. The molecule has 5 aromatic rings. The van der Waals surface area contributed by atoms with Crippen LogP contribution in [-0.2, 0) is 14.2 Å². The topological polar surface area (TPSA) is 64.6 Å². The summed E-state index contributed by atoms with van der Waals surface area (Å²) >= 11 is 0. The molecule has 7 nitrogen and oxygen atoms in total. The minimum atomic E-state index is -0.183. The van der Waals surface area contributed by atoms with Crippen LogP contribution in [0.25, 0.3) is 0 Å². The Kier molecular flexibility index (Phi) is 13.6. The lowest BCUT2D eigenvalue weighted by Gasteiger charge is -2.25. The number of benzene rings is 5. The van der Waals surface area contributed by atoms with Crippen LogP contribution in [0.3, 0.4) is 0 Å². The van der Waals surface area contributed by atoms with Gasteiger partial charge >= 0.3 is 0 Å². The van der Waals surface area contributed by atoms with Crippen molar-refractivity contribution >= 4 is 0 Å². The molecule has 5 aromatic carbocycles. The van der Waals surface area contributed by atoms with Crippen molar-refractivity contribution in [2.24, 2.45) is 0 Å². The van der Waals surface area contributed by atoms with E-state index in [1.165, 1.54) is 52.6 Å². The summed E-state index contributed by atoms with van der Waals surface area (Å²) in [6.45, 7) is 2.27. The largest absolute Gasteiger partial charge is 0.490 e. The first-order chi connectivity index (χ1) is 29.7. The molecule has 3 aliphatic heterocycles. The highest BCUT2D eigenvalue weighted by Crippen LogP contribution is 2.39. The normalized spacial score (nSPS) is 22.3. The molecule has 7 heteroatoms. The minimum absolute atomic E-state index is 0.00730. The molecule has 3 heterocycles. The zero-order valence-electron chi connectivity index (χ0n) is 34.9. The van der Waals surface area contributed by atoms with E-state index in [9.17, 15) is 0 Å². The van der Waals surface area contributed by atoms with Crippen LogP contribution in [0.5, 0.6) is 23.0 Å². The quantitative estimate of drug-likeness (QED) is 0.104. The Hall–Kier alpha value is -4.82. The van der Waals surface area contributed by atoms with Gasteiger partial charge in [-0.2, -0.15) is 0 Å². The van der Waals surface area contributed by atoms with Crippen molar-refractivity contribution in [3.63, 3.8) is 0 Å². The second-order valence-electron chi connectivity index (χ2n) is 16.9. The summed E-state index contributed by atoms with van der Waals surface area (Å²) < 4.78 is 42.8. The maximum Gasteiger partial charge on any atom is 0.199 e. The molecule has 1 saturated carbocycles. The van der Waals surface area contributed by atoms with Gasteiger partial charge in [-0.05, 0) is 146 Å². The fourth-order valence-electron chi connectivity index (χ4n) is 9.23. The zero-order chi connectivity index (χ0) is 40.4. The van der Waals surface area contributed by atoms with E-state index >= 15 is 0 Å². The first-order valence-corrected chi connectivity index (χ1v) is 22.7. The van der Waals surface area contributed by atoms with E-state index < -0.39 is 0 Å². The highest BCUT2D eigenvalue weighted by atomic mass is 16.7. The smallest absolute Gasteiger partial charge is 0.199 e. The second kappa shape index (κ2) is 20.2. The fraction of sp³-hybridized carbons (Fsp3) is 0.434. The third-order valence-electron chi connectivity index (χ3n) is 12.5. The molecule has 0 aromatic heterocycles. The molecule has 4 atom stereocenters. The van der Waals surface area contributed by atoms with Gasteiger partial charge < -0.3 is 33.2 Å². The van der Waals surface area contributed by atoms with Crippen molar-refractivity contribution in [1.82, 2.24) is 0 Å². The molecule has 0 amide bonds. The van der Waals surface area contributed by atoms with E-state index in [4.69, 9.17) is 33.2 Å². The van der Waals surface area contributed by atoms with Gasteiger partial charge in [-0.15, -0.1) is 0 Å². The van der Waals surface area contributed by atoms with Crippen LogP contribution in [0.15, 0.2) is 121 Å². The maximum absolute atomic E-state index is 6.45.